The number of hydrogen-bond donors (Lipinski definition) is 2. The first kappa shape index (κ1) is 14.0. The van der Waals surface area contributed by atoms with Gasteiger partial charge in [0.2, 0.25) is 0 Å². The van der Waals surface area contributed by atoms with Crippen LogP contribution in [0.4, 0.5) is 5.69 Å². The van der Waals surface area contributed by atoms with E-state index in [0.29, 0.717) is 6.42 Å². The van der Waals surface area contributed by atoms with E-state index in [-0.39, 0.29) is 18.9 Å². The Bertz CT molecular complexity index is 309. The molecule has 0 saturated carbocycles. The second kappa shape index (κ2) is 7.27. The highest BCUT2D eigenvalue weighted by Crippen LogP contribution is 2.13. The van der Waals surface area contributed by atoms with Gasteiger partial charge in [0.1, 0.15) is 0 Å². The molecule has 1 atom stereocenters. The first-order valence-corrected chi connectivity index (χ1v) is 5.73. The molecule has 1 rings (SSSR count). The van der Waals surface area contributed by atoms with Crippen LogP contribution in [0, 0.1) is 0 Å². The zero-order valence-electron chi connectivity index (χ0n) is 10.6. The molecule has 0 radical (unpaired) electrons. The van der Waals surface area contributed by atoms with E-state index in [1.54, 1.807) is 14.2 Å². The highest BCUT2D eigenvalue weighted by molar-refractivity contribution is 5.45. The molecular weight excluding hydrogens is 218 g/mol. The molecule has 0 aliphatic carbocycles. The molecule has 96 valence electrons. The molecule has 0 aromatic heterocycles. The zero-order valence-corrected chi connectivity index (χ0v) is 10.6. The quantitative estimate of drug-likeness (QED) is 0.710. The van der Waals surface area contributed by atoms with Crippen molar-refractivity contribution in [2.45, 2.75) is 25.7 Å². The van der Waals surface area contributed by atoms with Crippen LogP contribution in [0.1, 0.15) is 12.5 Å². The fourth-order valence-electron chi connectivity index (χ4n) is 1.73. The smallest absolute Gasteiger partial charge is 0.176 e. The summed E-state index contributed by atoms with van der Waals surface area (Å²) in [5, 5.41) is 12.1. The molecule has 0 aliphatic rings. The molecule has 0 bridgehead atoms. The van der Waals surface area contributed by atoms with Crippen molar-refractivity contribution in [3.8, 4) is 0 Å². The molecule has 4 nitrogen and oxygen atoms in total. The fraction of sp³-hybridized carbons (Fsp3) is 0.538. The average molecular weight is 239 g/mol. The third-order valence-corrected chi connectivity index (χ3v) is 2.62. The van der Waals surface area contributed by atoms with E-state index in [1.807, 2.05) is 31.2 Å². The van der Waals surface area contributed by atoms with Gasteiger partial charge in [-0.1, -0.05) is 12.1 Å². The minimum absolute atomic E-state index is 0.0636. The Kier molecular flexibility index (Phi) is 5.97. The van der Waals surface area contributed by atoms with Crippen LogP contribution >= 0.6 is 0 Å². The first-order chi connectivity index (χ1) is 8.21. The lowest BCUT2D eigenvalue weighted by Gasteiger charge is -2.23. The van der Waals surface area contributed by atoms with Gasteiger partial charge in [0, 0.05) is 26.5 Å². The SMILES string of the molecule is COC(OC)C(C)Nc1ccc(CCO)cc1. The second-order valence-corrected chi connectivity index (χ2v) is 3.94. The van der Waals surface area contributed by atoms with Gasteiger partial charge in [-0.15, -0.1) is 0 Å². The Morgan fingerprint density at radius 2 is 1.76 bits per heavy atom. The Hall–Kier alpha value is -1.10. The maximum Gasteiger partial charge on any atom is 0.176 e. The van der Waals surface area contributed by atoms with E-state index >= 15 is 0 Å². The molecule has 0 heterocycles. The summed E-state index contributed by atoms with van der Waals surface area (Å²) in [5.74, 6) is 0. The minimum atomic E-state index is -0.271. The number of anilines is 1. The number of rotatable bonds is 7. The van der Waals surface area contributed by atoms with E-state index in [4.69, 9.17) is 14.6 Å². The van der Waals surface area contributed by atoms with Crippen molar-refractivity contribution in [3.05, 3.63) is 29.8 Å². The highest BCUT2D eigenvalue weighted by atomic mass is 16.7. The number of methoxy groups -OCH3 is 2. The van der Waals surface area contributed by atoms with Crippen molar-refractivity contribution in [2.24, 2.45) is 0 Å². The van der Waals surface area contributed by atoms with E-state index in [2.05, 4.69) is 5.32 Å². The van der Waals surface area contributed by atoms with Crippen LogP contribution < -0.4 is 5.32 Å². The number of ether oxygens (including phenoxy) is 2. The van der Waals surface area contributed by atoms with Gasteiger partial charge < -0.3 is 19.9 Å². The molecular formula is C13H21NO3. The molecule has 2 N–H and O–H groups in total. The topological polar surface area (TPSA) is 50.7 Å². The van der Waals surface area contributed by atoms with Crippen LogP contribution in [0.2, 0.25) is 0 Å². The molecule has 0 aliphatic heterocycles. The number of benzene rings is 1. The Balaban J connectivity index is 2.56. The Morgan fingerprint density at radius 3 is 2.24 bits per heavy atom. The number of aliphatic hydroxyl groups is 1. The van der Waals surface area contributed by atoms with Crippen molar-refractivity contribution in [2.75, 3.05) is 26.1 Å². The third kappa shape index (κ3) is 4.34. The summed E-state index contributed by atoms with van der Waals surface area (Å²) in [6.45, 7) is 2.18. The fourth-order valence-corrected chi connectivity index (χ4v) is 1.73. The third-order valence-electron chi connectivity index (χ3n) is 2.62. The standard InChI is InChI=1S/C13H21NO3/c1-10(13(16-2)17-3)14-12-6-4-11(5-7-12)8-9-15/h4-7,10,13-15H,8-9H2,1-3H3. The molecule has 0 saturated heterocycles. The summed E-state index contributed by atoms with van der Waals surface area (Å²) >= 11 is 0. The molecule has 1 unspecified atom stereocenters. The van der Waals surface area contributed by atoms with E-state index in [1.165, 1.54) is 0 Å². The Morgan fingerprint density at radius 1 is 1.18 bits per heavy atom. The van der Waals surface area contributed by atoms with Gasteiger partial charge in [-0.3, -0.25) is 0 Å². The van der Waals surface area contributed by atoms with Gasteiger partial charge in [0.05, 0.1) is 6.04 Å². The maximum atomic E-state index is 8.82. The molecule has 0 amide bonds. The van der Waals surface area contributed by atoms with Crippen LogP contribution in [0.3, 0.4) is 0 Å². The summed E-state index contributed by atoms with van der Waals surface area (Å²) in [6, 6.07) is 8.04. The van der Waals surface area contributed by atoms with Crippen LogP contribution in [-0.2, 0) is 15.9 Å². The average Bonchev–Trinajstić information content (AvgIpc) is 2.33. The van der Waals surface area contributed by atoms with Crippen molar-refractivity contribution >= 4 is 5.69 Å². The van der Waals surface area contributed by atoms with Gasteiger partial charge in [-0.25, -0.2) is 0 Å². The lowest BCUT2D eigenvalue weighted by atomic mass is 10.1. The number of hydrogen-bond acceptors (Lipinski definition) is 4. The van der Waals surface area contributed by atoms with Crippen molar-refractivity contribution in [1.29, 1.82) is 0 Å². The normalized spacial score (nSPS) is 12.8. The molecule has 0 spiro atoms. The first-order valence-electron chi connectivity index (χ1n) is 5.73. The molecule has 0 fully saturated rings. The largest absolute Gasteiger partial charge is 0.396 e. The van der Waals surface area contributed by atoms with Gasteiger partial charge in [0.15, 0.2) is 6.29 Å². The summed E-state index contributed by atoms with van der Waals surface area (Å²) in [7, 11) is 3.24. The van der Waals surface area contributed by atoms with E-state index < -0.39 is 0 Å². The summed E-state index contributed by atoms with van der Waals surface area (Å²) in [4.78, 5) is 0. The van der Waals surface area contributed by atoms with Crippen LogP contribution in [0.25, 0.3) is 0 Å². The van der Waals surface area contributed by atoms with Gasteiger partial charge in [-0.2, -0.15) is 0 Å². The summed E-state index contributed by atoms with van der Waals surface area (Å²) < 4.78 is 10.4. The van der Waals surface area contributed by atoms with E-state index in [0.717, 1.165) is 11.3 Å². The maximum absolute atomic E-state index is 8.82. The molecule has 1 aromatic rings. The lowest BCUT2D eigenvalue weighted by Crippen LogP contribution is -2.33. The molecule has 1 aromatic carbocycles. The van der Waals surface area contributed by atoms with Gasteiger partial charge >= 0.3 is 0 Å². The summed E-state index contributed by atoms with van der Waals surface area (Å²) in [6.07, 6.45) is 0.418. The predicted molar refractivity (Wildman–Crippen MR) is 68.1 cm³/mol. The van der Waals surface area contributed by atoms with Crippen LogP contribution in [0.5, 0.6) is 0 Å². The second-order valence-electron chi connectivity index (χ2n) is 3.94. The van der Waals surface area contributed by atoms with Crippen molar-refractivity contribution < 1.29 is 14.6 Å². The van der Waals surface area contributed by atoms with Gasteiger partial charge in [0.25, 0.3) is 0 Å². The van der Waals surface area contributed by atoms with Gasteiger partial charge in [-0.05, 0) is 31.0 Å². The highest BCUT2D eigenvalue weighted by Gasteiger charge is 2.14. The van der Waals surface area contributed by atoms with Crippen LogP contribution in [-0.4, -0.2) is 38.3 Å². The van der Waals surface area contributed by atoms with Crippen LogP contribution in [0.15, 0.2) is 24.3 Å². The lowest BCUT2D eigenvalue weighted by molar-refractivity contribution is -0.109. The monoisotopic (exact) mass is 239 g/mol. The number of nitrogens with one attached hydrogen (secondary N) is 1. The summed E-state index contributed by atoms with van der Waals surface area (Å²) in [5.41, 5.74) is 2.14. The number of aliphatic hydroxyl groups excluding tert-OH is 1. The Labute approximate surface area is 103 Å². The predicted octanol–water partition coefficient (Wildman–Crippen LogP) is 1.64. The van der Waals surface area contributed by atoms with Crippen molar-refractivity contribution in [1.82, 2.24) is 0 Å². The minimum Gasteiger partial charge on any atom is -0.396 e. The molecule has 17 heavy (non-hydrogen) atoms. The van der Waals surface area contributed by atoms with Crippen molar-refractivity contribution in [3.63, 3.8) is 0 Å². The van der Waals surface area contributed by atoms with E-state index in [9.17, 15) is 0 Å². The molecule has 4 heteroatoms. The zero-order chi connectivity index (χ0) is 12.7.